The average molecular weight is 602 g/mol. The van der Waals surface area contributed by atoms with Gasteiger partial charge in [0.25, 0.3) is 0 Å². The number of rotatable bonds is 7. The number of thioether (sulfide) groups is 1. The number of sulfone groups is 1. The third-order valence-corrected chi connectivity index (χ3v) is 11.4. The first kappa shape index (κ1) is 30.1. The quantitative estimate of drug-likeness (QED) is 0.425. The topological polar surface area (TPSA) is 81.7 Å². The molecular weight excluding hydrogens is 568 g/mol. The van der Waals surface area contributed by atoms with Gasteiger partial charge in [0.15, 0.2) is 21.4 Å². The molecule has 0 saturated carbocycles. The van der Waals surface area contributed by atoms with Gasteiger partial charge >= 0.3 is 0 Å². The van der Waals surface area contributed by atoms with Crippen molar-refractivity contribution in [1.82, 2.24) is 5.32 Å². The highest BCUT2D eigenvalue weighted by atomic mass is 35.5. The Morgan fingerprint density at radius 3 is 2.38 bits per heavy atom. The molecule has 1 amide bonds. The number of hydrogen-bond acceptors (Lipinski definition) is 6. The molecule has 6 nitrogen and oxygen atoms in total. The van der Waals surface area contributed by atoms with Crippen LogP contribution in [0.15, 0.2) is 41.3 Å². The Labute approximate surface area is 238 Å². The number of carbonyl (C=O) groups is 1. The van der Waals surface area contributed by atoms with Gasteiger partial charge in [0, 0.05) is 23.1 Å². The molecule has 0 aromatic heterocycles. The summed E-state index contributed by atoms with van der Waals surface area (Å²) >= 11 is 7.43. The van der Waals surface area contributed by atoms with Gasteiger partial charge in [-0.25, -0.2) is 17.2 Å². The molecule has 2 aliphatic heterocycles. The van der Waals surface area contributed by atoms with E-state index in [1.807, 2.05) is 34.6 Å². The highest BCUT2D eigenvalue weighted by Gasteiger charge is 2.61. The van der Waals surface area contributed by atoms with Crippen LogP contribution in [0.25, 0.3) is 0 Å². The van der Waals surface area contributed by atoms with Crippen LogP contribution in [0.2, 0.25) is 5.02 Å². The van der Waals surface area contributed by atoms with Crippen molar-refractivity contribution < 1.29 is 31.5 Å². The van der Waals surface area contributed by atoms with Gasteiger partial charge in [-0.1, -0.05) is 11.6 Å². The summed E-state index contributed by atoms with van der Waals surface area (Å²) in [7, 11) is -4.27. The molecule has 39 heavy (non-hydrogen) atoms. The van der Waals surface area contributed by atoms with Gasteiger partial charge in [-0.05, 0) is 89.6 Å². The van der Waals surface area contributed by atoms with E-state index in [4.69, 9.17) is 21.1 Å². The zero-order chi connectivity index (χ0) is 28.8. The Hall–Kier alpha value is -1.88. The van der Waals surface area contributed by atoms with E-state index < -0.39 is 43.0 Å². The highest BCUT2D eigenvalue weighted by molar-refractivity contribution is 8.01. The SMILES string of the molecule is CC(C)(C)NC(=O)C(C)(C)SCC[C@@H]1OCC[C@@]2(S(=O)(=O)c3ccc(Cl)cc3)c3c(F)ccc(F)c3OC[C@@H]12. The molecule has 1 N–H and O–H groups in total. The second-order valence-electron chi connectivity index (χ2n) is 11.5. The average Bonchev–Trinajstić information content (AvgIpc) is 2.85. The maximum atomic E-state index is 15.5. The Morgan fingerprint density at radius 1 is 1.10 bits per heavy atom. The Balaban J connectivity index is 1.70. The first-order valence-electron chi connectivity index (χ1n) is 12.8. The predicted octanol–water partition coefficient (Wildman–Crippen LogP) is 5.90. The van der Waals surface area contributed by atoms with Crippen molar-refractivity contribution >= 4 is 39.1 Å². The second kappa shape index (κ2) is 10.8. The maximum Gasteiger partial charge on any atom is 0.236 e. The maximum absolute atomic E-state index is 15.5. The van der Waals surface area contributed by atoms with E-state index in [1.165, 1.54) is 36.0 Å². The lowest BCUT2D eigenvalue weighted by Crippen LogP contribution is -2.57. The van der Waals surface area contributed by atoms with Crippen LogP contribution < -0.4 is 10.1 Å². The summed E-state index contributed by atoms with van der Waals surface area (Å²) in [6.07, 6.45) is -0.317. The molecule has 0 radical (unpaired) electrons. The molecule has 0 spiro atoms. The molecule has 0 bridgehead atoms. The summed E-state index contributed by atoms with van der Waals surface area (Å²) in [6.45, 7) is 9.24. The fourth-order valence-corrected chi connectivity index (χ4v) is 8.83. The Bertz CT molecular complexity index is 1340. The number of fused-ring (bicyclic) bond motifs is 3. The van der Waals surface area contributed by atoms with Gasteiger partial charge < -0.3 is 14.8 Å². The van der Waals surface area contributed by atoms with Crippen LogP contribution >= 0.6 is 23.4 Å². The molecule has 0 aliphatic carbocycles. The van der Waals surface area contributed by atoms with Crippen LogP contribution in [-0.4, -0.2) is 49.7 Å². The van der Waals surface area contributed by atoms with Crippen molar-refractivity contribution in [2.45, 2.75) is 73.5 Å². The number of ether oxygens (including phenoxy) is 2. The standard InChI is InChI=1S/C28H34ClF2NO5S2/c1-26(2,3)32-25(33)27(4,5)38-15-12-22-19-16-37-24-21(31)11-10-20(30)23(24)28(19,13-14-36-22)39(34,35)18-8-6-17(29)7-9-18/h6-11,19,22H,12-16H2,1-5H3,(H,32,33)/t19-,22-,28-/m0/s1. The molecule has 1 fully saturated rings. The van der Waals surface area contributed by atoms with E-state index in [1.54, 1.807) is 0 Å². The van der Waals surface area contributed by atoms with E-state index in [2.05, 4.69) is 5.32 Å². The second-order valence-corrected chi connectivity index (χ2v) is 15.9. The lowest BCUT2D eigenvalue weighted by atomic mass is 9.75. The minimum Gasteiger partial charge on any atom is -0.490 e. The predicted molar refractivity (Wildman–Crippen MR) is 149 cm³/mol. The van der Waals surface area contributed by atoms with Gasteiger partial charge in [0.1, 0.15) is 10.6 Å². The van der Waals surface area contributed by atoms with Crippen molar-refractivity contribution in [2.75, 3.05) is 19.0 Å². The smallest absolute Gasteiger partial charge is 0.236 e. The molecule has 3 atom stereocenters. The van der Waals surface area contributed by atoms with Crippen molar-refractivity contribution in [3.8, 4) is 5.75 Å². The minimum absolute atomic E-state index is 0.0297. The largest absolute Gasteiger partial charge is 0.490 e. The zero-order valence-corrected chi connectivity index (χ0v) is 25.0. The summed E-state index contributed by atoms with van der Waals surface area (Å²) in [5.41, 5.74) is -0.678. The van der Waals surface area contributed by atoms with E-state index in [9.17, 15) is 17.6 Å². The third-order valence-electron chi connectivity index (χ3n) is 7.25. The van der Waals surface area contributed by atoms with E-state index in [0.717, 1.165) is 12.1 Å². The zero-order valence-electron chi connectivity index (χ0n) is 22.6. The van der Waals surface area contributed by atoms with Crippen LogP contribution in [0, 0.1) is 17.6 Å². The number of hydrogen-bond donors (Lipinski definition) is 1. The van der Waals surface area contributed by atoms with Crippen molar-refractivity contribution in [1.29, 1.82) is 0 Å². The first-order chi connectivity index (χ1) is 18.1. The number of nitrogens with one attached hydrogen (secondary N) is 1. The van der Waals surface area contributed by atoms with E-state index >= 15 is 4.39 Å². The third kappa shape index (κ3) is 5.67. The summed E-state index contributed by atoms with van der Waals surface area (Å²) < 4.78 is 68.4. The molecule has 0 unspecified atom stereocenters. The number of benzene rings is 2. The van der Waals surface area contributed by atoms with Gasteiger partial charge in [-0.15, -0.1) is 11.8 Å². The minimum atomic E-state index is -4.27. The monoisotopic (exact) mass is 601 g/mol. The lowest BCUT2D eigenvalue weighted by molar-refractivity contribution is -0.124. The lowest BCUT2D eigenvalue weighted by Gasteiger charge is -2.50. The van der Waals surface area contributed by atoms with E-state index in [-0.39, 0.29) is 47.3 Å². The summed E-state index contributed by atoms with van der Waals surface area (Å²) in [4.78, 5) is 12.8. The fraction of sp³-hybridized carbons (Fsp3) is 0.536. The fourth-order valence-electron chi connectivity index (χ4n) is 5.32. The summed E-state index contributed by atoms with van der Waals surface area (Å²) in [5, 5.41) is 3.34. The van der Waals surface area contributed by atoms with Gasteiger partial charge in [0.05, 0.1) is 27.9 Å². The van der Waals surface area contributed by atoms with Crippen molar-refractivity contribution in [3.05, 3.63) is 58.6 Å². The highest BCUT2D eigenvalue weighted by Crippen LogP contribution is 2.56. The Morgan fingerprint density at radius 2 is 1.74 bits per heavy atom. The normalized spacial score (nSPS) is 23.4. The van der Waals surface area contributed by atoms with Crippen molar-refractivity contribution in [3.63, 3.8) is 0 Å². The summed E-state index contributed by atoms with van der Waals surface area (Å²) in [5.74, 6) is -2.50. The van der Waals surface area contributed by atoms with Gasteiger partial charge in [0.2, 0.25) is 5.91 Å². The molecule has 2 aromatic rings. The number of halogens is 3. The summed E-state index contributed by atoms with van der Waals surface area (Å²) in [6, 6.07) is 7.56. The molecule has 1 saturated heterocycles. The molecular formula is C28H34ClF2NO5S2. The van der Waals surface area contributed by atoms with Crippen LogP contribution in [0.3, 0.4) is 0 Å². The van der Waals surface area contributed by atoms with Crippen LogP contribution in [0.4, 0.5) is 8.78 Å². The van der Waals surface area contributed by atoms with Crippen LogP contribution in [-0.2, 0) is 24.1 Å². The molecule has 2 aromatic carbocycles. The van der Waals surface area contributed by atoms with Crippen LogP contribution in [0.1, 0.15) is 53.0 Å². The van der Waals surface area contributed by atoms with Crippen LogP contribution in [0.5, 0.6) is 5.75 Å². The van der Waals surface area contributed by atoms with Gasteiger partial charge in [-0.2, -0.15) is 0 Å². The molecule has 4 rings (SSSR count). The van der Waals surface area contributed by atoms with E-state index in [0.29, 0.717) is 17.2 Å². The van der Waals surface area contributed by atoms with Gasteiger partial charge in [-0.3, -0.25) is 4.79 Å². The van der Waals surface area contributed by atoms with Crippen molar-refractivity contribution in [2.24, 2.45) is 5.92 Å². The number of carbonyl (C=O) groups excluding carboxylic acids is 1. The molecule has 11 heteroatoms. The molecule has 2 aliphatic rings. The number of amides is 1. The molecule has 2 heterocycles. The molecule has 214 valence electrons. The Kier molecular flexibility index (Phi) is 8.36. The first-order valence-corrected chi connectivity index (χ1v) is 15.6.